The van der Waals surface area contributed by atoms with Gasteiger partial charge in [0, 0.05) is 17.1 Å². The van der Waals surface area contributed by atoms with Gasteiger partial charge in [-0.15, -0.1) is 0 Å². The van der Waals surface area contributed by atoms with Crippen LogP contribution >= 0.6 is 0 Å². The lowest BCUT2D eigenvalue weighted by atomic mass is 9.96. The summed E-state index contributed by atoms with van der Waals surface area (Å²) in [6, 6.07) is 12.1. The van der Waals surface area contributed by atoms with Gasteiger partial charge in [-0.3, -0.25) is 0 Å². The fraction of sp³-hybridized carbons (Fsp3) is 0.375. The molecule has 4 nitrogen and oxygen atoms in total. The van der Waals surface area contributed by atoms with Crippen LogP contribution in [0.3, 0.4) is 0 Å². The number of ether oxygens (including phenoxy) is 1. The lowest BCUT2D eigenvalue weighted by molar-refractivity contribution is 0.288. The highest BCUT2D eigenvalue weighted by Crippen LogP contribution is 2.38. The fourth-order valence-corrected chi connectivity index (χ4v) is 4.20. The summed E-state index contributed by atoms with van der Waals surface area (Å²) < 4.78 is 11.8. The SMILES string of the molecule is CCCc1cc(=O)oc2c3c(ccc12)OCN(c1c(C)cccc1C(C)C)C3. The third-order valence-corrected chi connectivity index (χ3v) is 5.51. The van der Waals surface area contributed by atoms with Crippen molar-refractivity contribution in [2.75, 3.05) is 11.6 Å². The van der Waals surface area contributed by atoms with Crippen LogP contribution in [0.2, 0.25) is 0 Å². The van der Waals surface area contributed by atoms with Crippen LogP contribution in [0.25, 0.3) is 11.0 Å². The molecule has 2 heterocycles. The van der Waals surface area contributed by atoms with Gasteiger partial charge < -0.3 is 14.1 Å². The number of benzene rings is 2. The molecule has 3 aromatic rings. The van der Waals surface area contributed by atoms with Crippen LogP contribution in [0.1, 0.15) is 55.4 Å². The lowest BCUT2D eigenvalue weighted by Crippen LogP contribution is -2.33. The number of nitrogens with zero attached hydrogens (tertiary/aromatic N) is 1. The van der Waals surface area contributed by atoms with Crippen LogP contribution in [0.4, 0.5) is 5.69 Å². The topological polar surface area (TPSA) is 42.7 Å². The van der Waals surface area contributed by atoms with E-state index in [0.29, 0.717) is 24.8 Å². The molecule has 1 aromatic heterocycles. The first-order valence-electron chi connectivity index (χ1n) is 10.1. The summed E-state index contributed by atoms with van der Waals surface area (Å²) in [5, 5.41) is 1.01. The van der Waals surface area contributed by atoms with E-state index in [1.54, 1.807) is 6.07 Å². The van der Waals surface area contributed by atoms with Crippen LogP contribution in [0.15, 0.2) is 45.6 Å². The standard InChI is InChI=1S/C24H27NO3/c1-5-7-17-12-22(26)28-24-19(17)10-11-21-20(24)13-25(14-27-21)23-16(4)8-6-9-18(23)15(2)3/h6,8-12,15H,5,7,13-14H2,1-4H3. The number of aryl methyl sites for hydroxylation is 2. The van der Waals surface area contributed by atoms with Crippen LogP contribution in [0, 0.1) is 6.92 Å². The summed E-state index contributed by atoms with van der Waals surface area (Å²) in [5.41, 5.74) is 6.13. The molecule has 0 radical (unpaired) electrons. The average molecular weight is 377 g/mol. The van der Waals surface area contributed by atoms with Crippen molar-refractivity contribution in [2.45, 2.75) is 53.0 Å². The van der Waals surface area contributed by atoms with Crippen LogP contribution in [-0.2, 0) is 13.0 Å². The molecule has 0 saturated carbocycles. The number of anilines is 1. The second-order valence-corrected chi connectivity index (χ2v) is 7.90. The van der Waals surface area contributed by atoms with E-state index >= 15 is 0 Å². The first kappa shape index (κ1) is 18.6. The second-order valence-electron chi connectivity index (χ2n) is 7.90. The molecule has 1 aliphatic rings. The van der Waals surface area contributed by atoms with Gasteiger partial charge in [0.05, 0.1) is 12.1 Å². The number of hydrogen-bond acceptors (Lipinski definition) is 4. The van der Waals surface area contributed by atoms with Crippen LogP contribution in [-0.4, -0.2) is 6.73 Å². The fourth-order valence-electron chi connectivity index (χ4n) is 4.20. The van der Waals surface area contributed by atoms with E-state index in [9.17, 15) is 4.79 Å². The summed E-state index contributed by atoms with van der Waals surface area (Å²) >= 11 is 0. The van der Waals surface area contributed by atoms with E-state index in [-0.39, 0.29) is 5.63 Å². The molecule has 1 aliphatic heterocycles. The van der Waals surface area contributed by atoms with E-state index in [2.05, 4.69) is 50.8 Å². The summed E-state index contributed by atoms with van der Waals surface area (Å²) in [5.74, 6) is 1.22. The minimum absolute atomic E-state index is 0.291. The largest absolute Gasteiger partial charge is 0.473 e. The van der Waals surface area contributed by atoms with E-state index in [0.717, 1.165) is 35.1 Å². The molecule has 4 rings (SSSR count). The Kier molecular flexibility index (Phi) is 4.88. The Morgan fingerprint density at radius 2 is 2.00 bits per heavy atom. The lowest BCUT2D eigenvalue weighted by Gasteiger charge is -2.34. The number of para-hydroxylation sites is 1. The maximum atomic E-state index is 12.2. The first-order valence-corrected chi connectivity index (χ1v) is 10.1. The Hall–Kier alpha value is -2.75. The molecule has 0 N–H and O–H groups in total. The molecular formula is C24H27NO3. The predicted molar refractivity (Wildman–Crippen MR) is 113 cm³/mol. The quantitative estimate of drug-likeness (QED) is 0.560. The maximum absolute atomic E-state index is 12.2. The smallest absolute Gasteiger partial charge is 0.336 e. The molecular weight excluding hydrogens is 350 g/mol. The highest BCUT2D eigenvalue weighted by Gasteiger charge is 2.25. The third-order valence-electron chi connectivity index (χ3n) is 5.51. The van der Waals surface area contributed by atoms with Crippen molar-refractivity contribution >= 4 is 16.7 Å². The van der Waals surface area contributed by atoms with Gasteiger partial charge in [-0.25, -0.2) is 4.79 Å². The Morgan fingerprint density at radius 1 is 1.18 bits per heavy atom. The van der Waals surface area contributed by atoms with Crippen LogP contribution < -0.4 is 15.3 Å². The van der Waals surface area contributed by atoms with Gasteiger partial charge in [0.15, 0.2) is 6.73 Å². The van der Waals surface area contributed by atoms with E-state index < -0.39 is 0 Å². The van der Waals surface area contributed by atoms with Crippen molar-refractivity contribution in [3.8, 4) is 5.75 Å². The van der Waals surface area contributed by atoms with Crippen molar-refractivity contribution in [3.63, 3.8) is 0 Å². The third kappa shape index (κ3) is 3.17. The monoisotopic (exact) mass is 377 g/mol. The van der Waals surface area contributed by atoms with Gasteiger partial charge in [0.25, 0.3) is 0 Å². The molecule has 2 aromatic carbocycles. The molecule has 0 fully saturated rings. The van der Waals surface area contributed by atoms with E-state index in [1.807, 2.05) is 12.1 Å². The summed E-state index contributed by atoms with van der Waals surface area (Å²) in [7, 11) is 0. The van der Waals surface area contributed by atoms with Gasteiger partial charge in [0.2, 0.25) is 0 Å². The van der Waals surface area contributed by atoms with Crippen molar-refractivity contribution in [2.24, 2.45) is 0 Å². The minimum atomic E-state index is -0.291. The summed E-state index contributed by atoms with van der Waals surface area (Å²) in [4.78, 5) is 14.4. The van der Waals surface area contributed by atoms with Crippen LogP contribution in [0.5, 0.6) is 5.75 Å². The summed E-state index contributed by atoms with van der Waals surface area (Å²) in [6.07, 6.45) is 1.85. The normalized spacial score (nSPS) is 13.7. The zero-order chi connectivity index (χ0) is 19.8. The highest BCUT2D eigenvalue weighted by atomic mass is 16.5. The van der Waals surface area contributed by atoms with E-state index in [4.69, 9.17) is 9.15 Å². The zero-order valence-corrected chi connectivity index (χ0v) is 17.0. The number of fused-ring (bicyclic) bond motifs is 3. The molecule has 0 atom stereocenters. The minimum Gasteiger partial charge on any atom is -0.473 e. The molecule has 0 bridgehead atoms. The van der Waals surface area contributed by atoms with Crippen molar-refractivity contribution in [3.05, 3.63) is 69.1 Å². The summed E-state index contributed by atoms with van der Waals surface area (Å²) in [6.45, 7) is 9.83. The Balaban J connectivity index is 1.85. The van der Waals surface area contributed by atoms with Crippen molar-refractivity contribution in [1.82, 2.24) is 0 Å². The zero-order valence-electron chi connectivity index (χ0n) is 17.0. The van der Waals surface area contributed by atoms with Gasteiger partial charge in [-0.1, -0.05) is 45.4 Å². The number of hydrogen-bond donors (Lipinski definition) is 0. The van der Waals surface area contributed by atoms with E-state index in [1.165, 1.54) is 16.8 Å². The van der Waals surface area contributed by atoms with Gasteiger partial charge >= 0.3 is 5.63 Å². The highest BCUT2D eigenvalue weighted by molar-refractivity contribution is 5.86. The van der Waals surface area contributed by atoms with Gasteiger partial charge in [-0.2, -0.15) is 0 Å². The predicted octanol–water partition coefficient (Wildman–Crippen LogP) is 5.53. The molecule has 4 heteroatoms. The molecule has 0 saturated heterocycles. The molecule has 0 unspecified atom stereocenters. The molecule has 0 spiro atoms. The molecule has 0 aliphatic carbocycles. The van der Waals surface area contributed by atoms with Gasteiger partial charge in [0.1, 0.15) is 11.3 Å². The number of rotatable bonds is 4. The molecule has 28 heavy (non-hydrogen) atoms. The second kappa shape index (κ2) is 7.34. The Bertz CT molecular complexity index is 1080. The molecule has 146 valence electrons. The van der Waals surface area contributed by atoms with Crippen molar-refractivity contribution < 1.29 is 9.15 Å². The maximum Gasteiger partial charge on any atom is 0.336 e. The van der Waals surface area contributed by atoms with Gasteiger partial charge in [-0.05, 0) is 48.1 Å². The van der Waals surface area contributed by atoms with Crippen molar-refractivity contribution in [1.29, 1.82) is 0 Å². The molecule has 0 amide bonds. The first-order chi connectivity index (χ1) is 13.5. The Morgan fingerprint density at radius 3 is 2.75 bits per heavy atom. The average Bonchev–Trinajstić information content (AvgIpc) is 2.67. The Labute approximate surface area is 165 Å².